The van der Waals surface area contributed by atoms with Crippen molar-refractivity contribution in [3.05, 3.63) is 65.7 Å². The molecule has 0 aliphatic carbocycles. The number of ether oxygens (including phenoxy) is 1. The Morgan fingerprint density at radius 2 is 1.71 bits per heavy atom. The Balaban J connectivity index is 1.29. The van der Waals surface area contributed by atoms with E-state index < -0.39 is 0 Å². The lowest BCUT2D eigenvalue weighted by molar-refractivity contribution is -0.139. The van der Waals surface area contributed by atoms with Gasteiger partial charge in [-0.05, 0) is 68.5 Å². The van der Waals surface area contributed by atoms with Crippen LogP contribution in [0.4, 0.5) is 0 Å². The highest BCUT2D eigenvalue weighted by molar-refractivity contribution is 5.85. The molecule has 1 atom stereocenters. The van der Waals surface area contributed by atoms with Crippen molar-refractivity contribution >= 4 is 11.8 Å². The predicted molar refractivity (Wildman–Crippen MR) is 138 cm³/mol. The lowest BCUT2D eigenvalue weighted by Crippen LogP contribution is -2.45. The summed E-state index contributed by atoms with van der Waals surface area (Å²) in [5.41, 5.74) is 2.10. The van der Waals surface area contributed by atoms with E-state index >= 15 is 0 Å². The second-order valence-electron chi connectivity index (χ2n) is 10.0. The van der Waals surface area contributed by atoms with Gasteiger partial charge in [-0.3, -0.25) is 9.59 Å². The van der Waals surface area contributed by atoms with Gasteiger partial charge >= 0.3 is 0 Å². The molecule has 1 N–H and O–H groups in total. The number of benzene rings is 2. The van der Waals surface area contributed by atoms with Crippen LogP contribution in [0.5, 0.6) is 5.75 Å². The van der Waals surface area contributed by atoms with E-state index in [9.17, 15) is 9.59 Å². The minimum Gasteiger partial charge on any atom is -0.497 e. The van der Waals surface area contributed by atoms with Gasteiger partial charge in [0.15, 0.2) is 0 Å². The molecule has 35 heavy (non-hydrogen) atoms. The average Bonchev–Trinajstić information content (AvgIpc) is 3.18. The van der Waals surface area contributed by atoms with Gasteiger partial charge in [0, 0.05) is 26.1 Å². The molecule has 2 aliphatic rings. The molecule has 2 amide bonds. The number of rotatable bonds is 10. The van der Waals surface area contributed by atoms with Crippen LogP contribution in [0, 0.1) is 5.41 Å². The maximum atomic E-state index is 13.4. The van der Waals surface area contributed by atoms with Crippen LogP contribution >= 0.6 is 0 Å². The number of nitrogens with zero attached hydrogens (tertiary/aromatic N) is 2. The molecule has 2 aromatic rings. The molecule has 1 spiro atoms. The first-order valence-corrected chi connectivity index (χ1v) is 13.0. The number of amides is 2. The highest BCUT2D eigenvalue weighted by atomic mass is 16.5. The molecule has 2 aliphatic heterocycles. The molecule has 0 bridgehead atoms. The summed E-state index contributed by atoms with van der Waals surface area (Å²) in [6.45, 7) is 6.34. The number of nitrogens with one attached hydrogen (secondary N) is 1. The normalized spacial score (nSPS) is 18.6. The molecule has 1 unspecified atom stereocenters. The first-order chi connectivity index (χ1) is 17.0. The zero-order valence-electron chi connectivity index (χ0n) is 21.2. The van der Waals surface area contributed by atoms with Gasteiger partial charge in [-0.1, -0.05) is 49.4 Å². The number of hydrogen-bond acceptors (Lipinski definition) is 4. The number of carbonyl (C=O) groups excluding carboxylic acids is 2. The van der Waals surface area contributed by atoms with Crippen LogP contribution in [0.3, 0.4) is 0 Å². The number of likely N-dealkylation sites (tertiary alicyclic amines) is 2. The smallest absolute Gasteiger partial charge is 0.229 e. The summed E-state index contributed by atoms with van der Waals surface area (Å²) in [5, 5.41) is 3.23. The molecule has 4 rings (SSSR count). The van der Waals surface area contributed by atoms with Crippen LogP contribution in [0.2, 0.25) is 0 Å². The number of carbonyl (C=O) groups is 2. The van der Waals surface area contributed by atoms with Crippen molar-refractivity contribution in [3.8, 4) is 5.75 Å². The van der Waals surface area contributed by atoms with Crippen molar-refractivity contribution in [1.29, 1.82) is 0 Å². The second-order valence-corrected chi connectivity index (χ2v) is 10.0. The minimum atomic E-state index is -0.197. The van der Waals surface area contributed by atoms with E-state index in [1.807, 2.05) is 54.3 Å². The monoisotopic (exact) mass is 477 g/mol. The zero-order chi connectivity index (χ0) is 24.7. The van der Waals surface area contributed by atoms with E-state index in [1.165, 1.54) is 0 Å². The van der Waals surface area contributed by atoms with Crippen molar-refractivity contribution in [3.63, 3.8) is 0 Å². The molecule has 188 valence electrons. The summed E-state index contributed by atoms with van der Waals surface area (Å²) < 4.78 is 5.24. The first-order valence-electron chi connectivity index (χ1n) is 13.0. The molecular formula is C29H39N3O3. The molecule has 2 heterocycles. The summed E-state index contributed by atoms with van der Waals surface area (Å²) in [6.07, 6.45) is 5.08. The molecule has 0 radical (unpaired) electrons. The van der Waals surface area contributed by atoms with E-state index in [-0.39, 0.29) is 17.4 Å². The van der Waals surface area contributed by atoms with Crippen LogP contribution in [-0.2, 0) is 16.1 Å². The topological polar surface area (TPSA) is 61.9 Å². The fourth-order valence-electron chi connectivity index (χ4n) is 5.48. The van der Waals surface area contributed by atoms with Gasteiger partial charge in [-0.15, -0.1) is 0 Å². The summed E-state index contributed by atoms with van der Waals surface area (Å²) in [6, 6.07) is 18.3. The standard InChI is InChI=1S/C29H39N3O3/c1-3-7-27(33)30-26(24-8-5-4-6-9-24)14-18-31-19-15-29(16-20-31)17-21-32(28(29)34)22-23-10-12-25(35-2)13-11-23/h4-6,8-13,26H,3,7,14-22H2,1-2H3,(H,30,33). The molecule has 0 saturated carbocycles. The lowest BCUT2D eigenvalue weighted by Gasteiger charge is -2.38. The van der Waals surface area contributed by atoms with Crippen molar-refractivity contribution in [1.82, 2.24) is 15.1 Å². The van der Waals surface area contributed by atoms with Crippen LogP contribution in [-0.4, -0.2) is 54.9 Å². The third-order valence-corrected chi connectivity index (χ3v) is 7.70. The Kier molecular flexibility index (Phi) is 8.45. The summed E-state index contributed by atoms with van der Waals surface area (Å²) in [5.74, 6) is 1.28. The van der Waals surface area contributed by atoms with Gasteiger partial charge in [-0.25, -0.2) is 0 Å². The van der Waals surface area contributed by atoms with E-state index in [1.54, 1.807) is 7.11 Å². The van der Waals surface area contributed by atoms with Gasteiger partial charge in [-0.2, -0.15) is 0 Å². The lowest BCUT2D eigenvalue weighted by atomic mass is 9.77. The third kappa shape index (κ3) is 6.23. The Morgan fingerprint density at radius 1 is 1.03 bits per heavy atom. The van der Waals surface area contributed by atoms with Crippen LogP contribution in [0.15, 0.2) is 54.6 Å². The molecule has 2 aromatic carbocycles. The van der Waals surface area contributed by atoms with Crippen LogP contribution in [0.1, 0.15) is 62.6 Å². The SMILES string of the molecule is CCCC(=O)NC(CCN1CCC2(CC1)CCN(Cc1ccc(OC)cc1)C2=O)c1ccccc1. The summed E-state index contributed by atoms with van der Waals surface area (Å²) in [7, 11) is 1.67. The Labute approximate surface area is 209 Å². The second kappa shape index (κ2) is 11.7. The highest BCUT2D eigenvalue weighted by Gasteiger charge is 2.47. The Hall–Kier alpha value is -2.86. The quantitative estimate of drug-likeness (QED) is 0.545. The fourth-order valence-corrected chi connectivity index (χ4v) is 5.48. The predicted octanol–water partition coefficient (Wildman–Crippen LogP) is 4.56. The maximum absolute atomic E-state index is 13.4. The highest BCUT2D eigenvalue weighted by Crippen LogP contribution is 2.42. The Bertz CT molecular complexity index is 968. The van der Waals surface area contributed by atoms with E-state index in [0.717, 1.165) is 75.2 Å². The van der Waals surface area contributed by atoms with Gasteiger partial charge in [0.25, 0.3) is 0 Å². The van der Waals surface area contributed by atoms with Crippen LogP contribution in [0.25, 0.3) is 0 Å². The third-order valence-electron chi connectivity index (χ3n) is 7.70. The number of piperidine rings is 1. The van der Waals surface area contributed by atoms with Crippen molar-refractivity contribution in [2.75, 3.05) is 33.3 Å². The van der Waals surface area contributed by atoms with Gasteiger partial charge in [0.05, 0.1) is 18.6 Å². The van der Waals surface area contributed by atoms with Crippen LogP contribution < -0.4 is 10.1 Å². The molecule has 6 heteroatoms. The van der Waals surface area contributed by atoms with E-state index in [4.69, 9.17) is 4.74 Å². The summed E-state index contributed by atoms with van der Waals surface area (Å²) >= 11 is 0. The van der Waals surface area contributed by atoms with Crippen molar-refractivity contribution in [2.45, 2.75) is 58.0 Å². The molecular weight excluding hydrogens is 438 g/mol. The van der Waals surface area contributed by atoms with Crippen molar-refractivity contribution < 1.29 is 14.3 Å². The van der Waals surface area contributed by atoms with Gasteiger partial charge in [0.2, 0.25) is 11.8 Å². The average molecular weight is 478 g/mol. The fraction of sp³-hybridized carbons (Fsp3) is 0.517. The molecule has 6 nitrogen and oxygen atoms in total. The van der Waals surface area contributed by atoms with Crippen molar-refractivity contribution in [2.24, 2.45) is 5.41 Å². The number of methoxy groups -OCH3 is 1. The number of hydrogen-bond donors (Lipinski definition) is 1. The minimum absolute atomic E-state index is 0.0271. The largest absolute Gasteiger partial charge is 0.497 e. The first kappa shape index (κ1) is 25.2. The van der Waals surface area contributed by atoms with E-state index in [0.29, 0.717) is 18.9 Å². The van der Waals surface area contributed by atoms with Gasteiger partial charge in [0.1, 0.15) is 5.75 Å². The van der Waals surface area contributed by atoms with E-state index in [2.05, 4.69) is 22.3 Å². The Morgan fingerprint density at radius 3 is 2.37 bits per heavy atom. The molecule has 2 fully saturated rings. The maximum Gasteiger partial charge on any atom is 0.229 e. The van der Waals surface area contributed by atoms with Gasteiger partial charge < -0.3 is 19.9 Å². The summed E-state index contributed by atoms with van der Waals surface area (Å²) in [4.78, 5) is 30.2. The molecule has 0 aromatic heterocycles. The zero-order valence-corrected chi connectivity index (χ0v) is 21.2. The molecule has 2 saturated heterocycles.